The van der Waals surface area contributed by atoms with E-state index in [1.165, 1.54) is 12.0 Å². The Hall–Kier alpha value is -2.28. The van der Waals surface area contributed by atoms with Gasteiger partial charge in [0.1, 0.15) is 5.75 Å². The molecule has 0 spiro atoms. The summed E-state index contributed by atoms with van der Waals surface area (Å²) in [6.45, 7) is 5.27. The zero-order valence-electron chi connectivity index (χ0n) is 15.3. The molecule has 142 valence electrons. The van der Waals surface area contributed by atoms with Crippen LogP contribution in [0.1, 0.15) is 27.2 Å². The molecule has 1 aliphatic heterocycles. The lowest BCUT2D eigenvalue weighted by molar-refractivity contribution is -0.152. The smallest absolute Gasteiger partial charge is 0.311 e. The summed E-state index contributed by atoms with van der Waals surface area (Å²) in [4.78, 5) is 37.8. The van der Waals surface area contributed by atoms with Crippen LogP contribution in [0.25, 0.3) is 0 Å². The van der Waals surface area contributed by atoms with E-state index in [9.17, 15) is 14.4 Å². The number of rotatable bonds is 5. The van der Waals surface area contributed by atoms with E-state index < -0.39 is 17.4 Å². The van der Waals surface area contributed by atoms with Crippen LogP contribution in [0.5, 0.6) is 5.75 Å². The Morgan fingerprint density at radius 1 is 1.35 bits per heavy atom. The van der Waals surface area contributed by atoms with E-state index in [0.29, 0.717) is 16.5 Å². The minimum atomic E-state index is -0.645. The van der Waals surface area contributed by atoms with E-state index >= 15 is 0 Å². The Labute approximate surface area is 157 Å². The number of nitrogens with one attached hydrogen (secondary N) is 1. The monoisotopic (exact) mass is 382 g/mol. The van der Waals surface area contributed by atoms with Gasteiger partial charge in [-0.3, -0.25) is 14.4 Å². The Kier molecular flexibility index (Phi) is 6.13. The summed E-state index contributed by atoms with van der Waals surface area (Å²) in [6.07, 6.45) is 0.00932. The average molecular weight is 383 g/mol. The molecule has 1 aromatic rings. The van der Waals surface area contributed by atoms with Crippen molar-refractivity contribution in [2.75, 3.05) is 25.2 Å². The first kappa shape index (κ1) is 20.0. The Morgan fingerprint density at radius 3 is 2.65 bits per heavy atom. The van der Waals surface area contributed by atoms with E-state index in [0.717, 1.165) is 0 Å². The van der Waals surface area contributed by atoms with Gasteiger partial charge in [0.2, 0.25) is 5.91 Å². The molecule has 1 aromatic carbocycles. The van der Waals surface area contributed by atoms with Gasteiger partial charge in [0.15, 0.2) is 6.61 Å². The van der Waals surface area contributed by atoms with Crippen molar-refractivity contribution in [2.45, 2.75) is 32.7 Å². The number of benzene rings is 1. The normalized spacial score (nSPS) is 17.2. The second-order valence-electron chi connectivity index (χ2n) is 7.13. The van der Waals surface area contributed by atoms with Crippen LogP contribution < -0.4 is 15.0 Å². The van der Waals surface area contributed by atoms with Gasteiger partial charge in [0, 0.05) is 23.5 Å². The molecule has 0 bridgehead atoms. The third-order valence-corrected chi connectivity index (χ3v) is 3.99. The van der Waals surface area contributed by atoms with Gasteiger partial charge in [-0.1, -0.05) is 11.6 Å². The molecular formula is C18H23ClN2O5. The number of nitrogens with zero attached hydrogens (tertiary/aromatic N) is 1. The summed E-state index contributed by atoms with van der Waals surface area (Å²) in [6, 6.07) is 4.93. The van der Waals surface area contributed by atoms with Gasteiger partial charge in [-0.05, 0) is 39.0 Å². The number of halogens is 1. The molecular weight excluding hydrogens is 360 g/mol. The highest BCUT2D eigenvalue weighted by Crippen LogP contribution is 2.35. The van der Waals surface area contributed by atoms with Crippen molar-refractivity contribution >= 4 is 35.1 Å². The summed E-state index contributed by atoms with van der Waals surface area (Å²) >= 11 is 6.01. The van der Waals surface area contributed by atoms with Crippen LogP contribution in [0.4, 0.5) is 5.69 Å². The van der Waals surface area contributed by atoms with Gasteiger partial charge in [0.05, 0.1) is 18.7 Å². The maximum absolute atomic E-state index is 12.3. The molecule has 1 saturated heterocycles. The molecule has 2 rings (SSSR count). The van der Waals surface area contributed by atoms with Crippen molar-refractivity contribution < 1.29 is 23.9 Å². The number of anilines is 1. The molecule has 7 nitrogen and oxygen atoms in total. The summed E-state index contributed by atoms with van der Waals surface area (Å²) in [5.41, 5.74) is 0.0954. The van der Waals surface area contributed by atoms with Crippen molar-refractivity contribution in [3.05, 3.63) is 23.2 Å². The third kappa shape index (κ3) is 5.11. The zero-order valence-corrected chi connectivity index (χ0v) is 16.1. The zero-order chi connectivity index (χ0) is 19.5. The van der Waals surface area contributed by atoms with Gasteiger partial charge >= 0.3 is 5.97 Å². The van der Waals surface area contributed by atoms with Crippen LogP contribution in [-0.4, -0.2) is 43.6 Å². The number of esters is 1. The van der Waals surface area contributed by atoms with Crippen LogP contribution in [0.15, 0.2) is 18.2 Å². The molecule has 0 saturated carbocycles. The molecule has 1 N–H and O–H groups in total. The lowest BCUT2D eigenvalue weighted by atomic mass is 10.1. The van der Waals surface area contributed by atoms with Crippen LogP contribution in [-0.2, 0) is 19.1 Å². The highest BCUT2D eigenvalue weighted by molar-refractivity contribution is 6.31. The molecule has 0 aliphatic carbocycles. The van der Waals surface area contributed by atoms with E-state index in [-0.39, 0.29) is 31.4 Å². The van der Waals surface area contributed by atoms with Crippen molar-refractivity contribution in [1.29, 1.82) is 0 Å². The first-order valence-electron chi connectivity index (χ1n) is 8.22. The molecule has 1 aliphatic rings. The maximum atomic E-state index is 12.3. The van der Waals surface area contributed by atoms with E-state index in [1.807, 2.05) is 20.8 Å². The predicted octanol–water partition coefficient (Wildman–Crippen LogP) is 2.16. The molecule has 2 amide bonds. The number of hydrogen-bond donors (Lipinski definition) is 1. The Morgan fingerprint density at radius 2 is 2.04 bits per heavy atom. The van der Waals surface area contributed by atoms with Gasteiger partial charge in [0.25, 0.3) is 5.91 Å². The quantitative estimate of drug-likeness (QED) is 0.789. The second-order valence-corrected chi connectivity index (χ2v) is 7.56. The summed E-state index contributed by atoms with van der Waals surface area (Å²) in [5.74, 6) is -1.35. The highest BCUT2D eigenvalue weighted by Gasteiger charge is 2.37. The van der Waals surface area contributed by atoms with Gasteiger partial charge in [-0.15, -0.1) is 0 Å². The number of carbonyl (C=O) groups is 3. The number of ether oxygens (including phenoxy) is 2. The summed E-state index contributed by atoms with van der Waals surface area (Å²) < 4.78 is 10.3. The lowest BCUT2D eigenvalue weighted by Crippen LogP contribution is -2.43. The van der Waals surface area contributed by atoms with Crippen molar-refractivity contribution in [3.8, 4) is 5.75 Å². The van der Waals surface area contributed by atoms with Crippen molar-refractivity contribution in [3.63, 3.8) is 0 Å². The second kappa shape index (κ2) is 7.95. The summed E-state index contributed by atoms with van der Waals surface area (Å²) in [7, 11) is 1.49. The van der Waals surface area contributed by atoms with Crippen LogP contribution in [0, 0.1) is 5.92 Å². The molecule has 0 radical (unpaired) electrons. The minimum absolute atomic E-state index is 0.00932. The van der Waals surface area contributed by atoms with Crippen molar-refractivity contribution in [2.24, 2.45) is 5.92 Å². The topological polar surface area (TPSA) is 84.9 Å². The fourth-order valence-electron chi connectivity index (χ4n) is 2.68. The van der Waals surface area contributed by atoms with Crippen LogP contribution in [0.2, 0.25) is 5.02 Å². The third-order valence-electron chi connectivity index (χ3n) is 3.75. The largest absolute Gasteiger partial charge is 0.495 e. The average Bonchev–Trinajstić information content (AvgIpc) is 2.92. The number of carbonyl (C=O) groups excluding carboxylic acids is 3. The standard InChI is InChI=1S/C18H23ClN2O5/c1-18(2,3)20-15(22)10-26-17(24)11-7-16(23)21(9-11)13-8-12(19)5-6-14(13)25-4/h5-6,8,11H,7,9-10H2,1-4H3,(H,20,22)/t11-/m1/s1. The van der Waals surface area contributed by atoms with Gasteiger partial charge in [-0.25, -0.2) is 0 Å². The van der Waals surface area contributed by atoms with Gasteiger partial charge in [-0.2, -0.15) is 0 Å². The highest BCUT2D eigenvalue weighted by atomic mass is 35.5. The minimum Gasteiger partial charge on any atom is -0.495 e. The first-order chi connectivity index (χ1) is 12.1. The number of amides is 2. The first-order valence-corrected chi connectivity index (χ1v) is 8.60. The molecule has 1 heterocycles. The fourth-order valence-corrected chi connectivity index (χ4v) is 2.85. The number of methoxy groups -OCH3 is 1. The molecule has 26 heavy (non-hydrogen) atoms. The van der Waals surface area contributed by atoms with E-state index in [2.05, 4.69) is 5.32 Å². The maximum Gasteiger partial charge on any atom is 0.311 e. The van der Waals surface area contributed by atoms with Crippen LogP contribution in [0.3, 0.4) is 0 Å². The van der Waals surface area contributed by atoms with Crippen LogP contribution >= 0.6 is 11.6 Å². The molecule has 0 aromatic heterocycles. The molecule has 0 unspecified atom stereocenters. The predicted molar refractivity (Wildman–Crippen MR) is 97.3 cm³/mol. The molecule has 1 fully saturated rings. The Bertz CT molecular complexity index is 714. The molecule has 8 heteroatoms. The Balaban J connectivity index is 2.00. The lowest BCUT2D eigenvalue weighted by Gasteiger charge is -2.21. The van der Waals surface area contributed by atoms with E-state index in [4.69, 9.17) is 21.1 Å². The van der Waals surface area contributed by atoms with Gasteiger partial charge < -0.3 is 19.7 Å². The summed E-state index contributed by atoms with van der Waals surface area (Å²) in [5, 5.41) is 3.16. The SMILES string of the molecule is COc1ccc(Cl)cc1N1C[C@H](C(=O)OCC(=O)NC(C)(C)C)CC1=O. The molecule has 1 atom stereocenters. The van der Waals surface area contributed by atoms with Crippen molar-refractivity contribution in [1.82, 2.24) is 5.32 Å². The fraction of sp³-hybridized carbons (Fsp3) is 0.500. The number of hydrogen-bond acceptors (Lipinski definition) is 5. The van der Waals surface area contributed by atoms with E-state index in [1.54, 1.807) is 18.2 Å².